The van der Waals surface area contributed by atoms with Crippen molar-refractivity contribution in [1.82, 2.24) is 4.98 Å². The van der Waals surface area contributed by atoms with Gasteiger partial charge in [0, 0.05) is 6.20 Å². The van der Waals surface area contributed by atoms with Crippen LogP contribution in [0.3, 0.4) is 0 Å². The zero-order chi connectivity index (χ0) is 9.68. The lowest BCUT2D eigenvalue weighted by Gasteiger charge is -2.03. The van der Waals surface area contributed by atoms with Gasteiger partial charge in [-0.15, -0.1) is 0 Å². The van der Waals surface area contributed by atoms with Crippen LogP contribution in [0.4, 0.5) is 4.39 Å². The first kappa shape index (κ1) is 10.2. The Morgan fingerprint density at radius 1 is 1.46 bits per heavy atom. The van der Waals surface area contributed by atoms with E-state index in [1.54, 1.807) is 0 Å². The van der Waals surface area contributed by atoms with Gasteiger partial charge in [-0.05, 0) is 36.5 Å². The van der Waals surface area contributed by atoms with Crippen LogP contribution in [0.5, 0.6) is 0 Å². The van der Waals surface area contributed by atoms with Gasteiger partial charge in [0.2, 0.25) is 5.95 Å². The molecule has 0 aliphatic rings. The SMILES string of the molecule is CC(C)CCCc1ccnc(F)c1. The predicted octanol–water partition coefficient (Wildman–Crippen LogP) is 3.20. The molecular formula is C11H16FN. The van der Waals surface area contributed by atoms with E-state index < -0.39 is 0 Å². The molecule has 0 aliphatic heterocycles. The number of nitrogens with zero attached hydrogens (tertiary/aromatic N) is 1. The minimum Gasteiger partial charge on any atom is -0.228 e. The van der Waals surface area contributed by atoms with Gasteiger partial charge >= 0.3 is 0 Å². The van der Waals surface area contributed by atoms with Crippen molar-refractivity contribution >= 4 is 0 Å². The van der Waals surface area contributed by atoms with Gasteiger partial charge in [-0.1, -0.05) is 20.3 Å². The van der Waals surface area contributed by atoms with Gasteiger partial charge in [-0.25, -0.2) is 4.98 Å². The molecule has 2 heteroatoms. The third-order valence-corrected chi connectivity index (χ3v) is 2.04. The van der Waals surface area contributed by atoms with Crippen molar-refractivity contribution in [1.29, 1.82) is 0 Å². The maximum atomic E-state index is 12.6. The molecule has 72 valence electrons. The molecule has 1 rings (SSSR count). The van der Waals surface area contributed by atoms with E-state index in [9.17, 15) is 4.39 Å². The number of pyridine rings is 1. The quantitative estimate of drug-likeness (QED) is 0.650. The summed E-state index contributed by atoms with van der Waals surface area (Å²) in [5, 5.41) is 0. The lowest BCUT2D eigenvalue weighted by Crippen LogP contribution is -1.92. The first-order valence-electron chi connectivity index (χ1n) is 4.79. The zero-order valence-electron chi connectivity index (χ0n) is 8.26. The number of hydrogen-bond acceptors (Lipinski definition) is 1. The topological polar surface area (TPSA) is 12.9 Å². The summed E-state index contributed by atoms with van der Waals surface area (Å²) in [6.07, 6.45) is 4.81. The summed E-state index contributed by atoms with van der Waals surface area (Å²) in [6.45, 7) is 4.40. The van der Waals surface area contributed by atoms with Crippen LogP contribution in [0, 0.1) is 11.9 Å². The summed E-state index contributed by atoms with van der Waals surface area (Å²) in [5.74, 6) is 0.355. The van der Waals surface area contributed by atoms with Gasteiger partial charge in [0.15, 0.2) is 0 Å². The summed E-state index contributed by atoms with van der Waals surface area (Å²) < 4.78 is 12.6. The van der Waals surface area contributed by atoms with Gasteiger partial charge < -0.3 is 0 Å². The monoisotopic (exact) mass is 181 g/mol. The zero-order valence-corrected chi connectivity index (χ0v) is 8.26. The van der Waals surface area contributed by atoms with Crippen LogP contribution in [0.15, 0.2) is 18.3 Å². The van der Waals surface area contributed by atoms with Crippen LogP contribution in [-0.2, 0) is 6.42 Å². The Bertz CT molecular complexity index is 258. The Morgan fingerprint density at radius 2 is 2.23 bits per heavy atom. The molecule has 13 heavy (non-hydrogen) atoms. The fourth-order valence-electron chi connectivity index (χ4n) is 1.31. The van der Waals surface area contributed by atoms with E-state index in [1.807, 2.05) is 6.07 Å². The molecule has 0 amide bonds. The molecular weight excluding hydrogens is 165 g/mol. The minimum atomic E-state index is -0.373. The second-order valence-electron chi connectivity index (χ2n) is 3.77. The van der Waals surface area contributed by atoms with Crippen molar-refractivity contribution in [2.75, 3.05) is 0 Å². The number of hydrogen-bond donors (Lipinski definition) is 0. The van der Waals surface area contributed by atoms with Gasteiger partial charge in [0.1, 0.15) is 0 Å². The van der Waals surface area contributed by atoms with Gasteiger partial charge in [-0.3, -0.25) is 0 Å². The molecule has 1 heterocycles. The Kier molecular flexibility index (Phi) is 3.87. The Labute approximate surface area is 79.0 Å². The molecule has 1 aromatic heterocycles. The van der Waals surface area contributed by atoms with Crippen LogP contribution in [0.25, 0.3) is 0 Å². The van der Waals surface area contributed by atoms with Crippen molar-refractivity contribution in [2.45, 2.75) is 33.1 Å². The predicted molar refractivity (Wildman–Crippen MR) is 52.0 cm³/mol. The summed E-state index contributed by atoms with van der Waals surface area (Å²) in [7, 11) is 0. The largest absolute Gasteiger partial charge is 0.228 e. The van der Waals surface area contributed by atoms with E-state index in [0.29, 0.717) is 0 Å². The third kappa shape index (κ3) is 4.02. The number of rotatable bonds is 4. The molecule has 1 aromatic rings. The Hall–Kier alpha value is -0.920. The summed E-state index contributed by atoms with van der Waals surface area (Å²) in [6, 6.07) is 3.39. The molecule has 0 unspecified atom stereocenters. The third-order valence-electron chi connectivity index (χ3n) is 2.04. The van der Waals surface area contributed by atoms with E-state index in [-0.39, 0.29) is 5.95 Å². The fourth-order valence-corrected chi connectivity index (χ4v) is 1.31. The molecule has 1 nitrogen and oxygen atoms in total. The highest BCUT2D eigenvalue weighted by Gasteiger charge is 1.98. The number of halogens is 1. The van der Waals surface area contributed by atoms with Crippen LogP contribution >= 0.6 is 0 Å². The lowest BCUT2D eigenvalue weighted by molar-refractivity contribution is 0.551. The molecule has 0 N–H and O–H groups in total. The molecule has 0 saturated carbocycles. The normalized spacial score (nSPS) is 10.8. The molecule has 0 saturated heterocycles. The van der Waals surface area contributed by atoms with E-state index in [0.717, 1.165) is 24.3 Å². The maximum absolute atomic E-state index is 12.6. The average Bonchev–Trinajstić information content (AvgIpc) is 2.03. The van der Waals surface area contributed by atoms with Crippen molar-refractivity contribution in [3.63, 3.8) is 0 Å². The van der Waals surface area contributed by atoms with E-state index in [1.165, 1.54) is 18.7 Å². The van der Waals surface area contributed by atoms with Crippen LogP contribution < -0.4 is 0 Å². The Balaban J connectivity index is 2.37. The van der Waals surface area contributed by atoms with E-state index >= 15 is 0 Å². The fraction of sp³-hybridized carbons (Fsp3) is 0.545. The highest BCUT2D eigenvalue weighted by atomic mass is 19.1. The first-order valence-corrected chi connectivity index (χ1v) is 4.79. The molecule has 0 fully saturated rings. The molecule has 0 aliphatic carbocycles. The van der Waals surface area contributed by atoms with Gasteiger partial charge in [0.05, 0.1) is 0 Å². The smallest absolute Gasteiger partial charge is 0.213 e. The van der Waals surface area contributed by atoms with Crippen molar-refractivity contribution in [2.24, 2.45) is 5.92 Å². The van der Waals surface area contributed by atoms with Gasteiger partial charge in [0.25, 0.3) is 0 Å². The number of aromatic nitrogens is 1. The molecule has 0 atom stereocenters. The Morgan fingerprint density at radius 3 is 2.85 bits per heavy atom. The van der Waals surface area contributed by atoms with E-state index in [4.69, 9.17) is 0 Å². The maximum Gasteiger partial charge on any atom is 0.213 e. The van der Waals surface area contributed by atoms with E-state index in [2.05, 4.69) is 18.8 Å². The summed E-state index contributed by atoms with van der Waals surface area (Å²) in [5.41, 5.74) is 1.05. The molecule has 0 radical (unpaired) electrons. The first-order chi connectivity index (χ1) is 6.18. The summed E-state index contributed by atoms with van der Waals surface area (Å²) >= 11 is 0. The average molecular weight is 181 g/mol. The summed E-state index contributed by atoms with van der Waals surface area (Å²) in [4.78, 5) is 3.52. The molecule has 0 spiro atoms. The highest BCUT2D eigenvalue weighted by Crippen LogP contribution is 2.09. The van der Waals surface area contributed by atoms with Crippen LogP contribution in [-0.4, -0.2) is 4.98 Å². The van der Waals surface area contributed by atoms with Crippen LogP contribution in [0.1, 0.15) is 32.3 Å². The minimum absolute atomic E-state index is 0.373. The van der Waals surface area contributed by atoms with Crippen molar-refractivity contribution in [3.05, 3.63) is 29.8 Å². The lowest BCUT2D eigenvalue weighted by atomic mass is 10.0. The highest BCUT2D eigenvalue weighted by molar-refractivity contribution is 5.10. The second-order valence-corrected chi connectivity index (χ2v) is 3.77. The molecule has 0 bridgehead atoms. The van der Waals surface area contributed by atoms with Crippen molar-refractivity contribution < 1.29 is 4.39 Å². The number of aryl methyl sites for hydroxylation is 1. The molecule has 0 aromatic carbocycles. The van der Waals surface area contributed by atoms with Gasteiger partial charge in [-0.2, -0.15) is 4.39 Å². The van der Waals surface area contributed by atoms with Crippen LogP contribution in [0.2, 0.25) is 0 Å². The standard InChI is InChI=1S/C11H16FN/c1-9(2)4-3-5-10-6-7-13-11(12)8-10/h6-9H,3-5H2,1-2H3. The second kappa shape index (κ2) is 4.95. The van der Waals surface area contributed by atoms with Crippen molar-refractivity contribution in [3.8, 4) is 0 Å².